The zero-order chi connectivity index (χ0) is 8.10. The Labute approximate surface area is 68.4 Å². The second-order valence-electron chi connectivity index (χ2n) is 1.92. The molecule has 0 saturated carbocycles. The van der Waals surface area contributed by atoms with Gasteiger partial charge >= 0.3 is 0 Å². The van der Waals surface area contributed by atoms with Crippen molar-refractivity contribution in [3.8, 4) is 0 Å². The van der Waals surface area contributed by atoms with Crippen LogP contribution in [0, 0.1) is 0 Å². The summed E-state index contributed by atoms with van der Waals surface area (Å²) in [5, 5.41) is 5.04. The highest BCUT2D eigenvalue weighted by Crippen LogP contribution is 2.09. The lowest BCUT2D eigenvalue weighted by molar-refractivity contribution is -0.116. The first-order valence-corrected chi connectivity index (χ1v) is 4.10. The Balaban J connectivity index is 2.37. The maximum absolute atomic E-state index is 10.9. The largest absolute Gasteiger partial charge is 0.330 e. The molecule has 1 rings (SSSR count). The lowest BCUT2D eigenvalue weighted by Gasteiger charge is -1.97. The Hall–Kier alpha value is -0.940. The normalized spacial score (nSPS) is 9.55. The van der Waals surface area contributed by atoms with Crippen LogP contribution in [0.2, 0.25) is 0 Å². The van der Waals surface area contributed by atoms with Gasteiger partial charge in [-0.2, -0.15) is 0 Å². The SMILES string of the molecule is NCCC(=O)Nc1nccs1. The minimum atomic E-state index is -0.0811. The third kappa shape index (κ3) is 2.65. The average Bonchev–Trinajstić information content (AvgIpc) is 2.40. The molecule has 0 radical (unpaired) electrons. The highest BCUT2D eigenvalue weighted by Gasteiger charge is 2.00. The molecule has 0 atom stereocenters. The quantitative estimate of drug-likeness (QED) is 0.693. The fraction of sp³-hybridized carbons (Fsp3) is 0.333. The monoisotopic (exact) mass is 171 g/mol. The van der Waals surface area contributed by atoms with Crippen molar-refractivity contribution in [3.63, 3.8) is 0 Å². The number of nitrogens with one attached hydrogen (secondary N) is 1. The fourth-order valence-corrected chi connectivity index (χ4v) is 1.14. The first kappa shape index (κ1) is 8.16. The molecule has 1 aromatic rings. The molecular weight excluding hydrogens is 162 g/mol. The van der Waals surface area contributed by atoms with Gasteiger partial charge in [0.2, 0.25) is 5.91 Å². The number of hydrogen-bond acceptors (Lipinski definition) is 4. The molecule has 0 aliphatic carbocycles. The Morgan fingerprint density at radius 2 is 2.64 bits per heavy atom. The van der Waals surface area contributed by atoms with E-state index in [1.54, 1.807) is 11.6 Å². The van der Waals surface area contributed by atoms with Crippen LogP contribution in [0.25, 0.3) is 0 Å². The number of aromatic nitrogens is 1. The molecule has 1 heterocycles. The maximum atomic E-state index is 10.9. The number of rotatable bonds is 3. The number of carbonyl (C=O) groups excluding carboxylic acids is 1. The third-order valence-corrected chi connectivity index (χ3v) is 1.74. The molecule has 11 heavy (non-hydrogen) atoms. The van der Waals surface area contributed by atoms with E-state index in [4.69, 9.17) is 5.73 Å². The van der Waals surface area contributed by atoms with E-state index in [9.17, 15) is 4.79 Å². The Kier molecular flexibility index (Phi) is 3.00. The zero-order valence-electron chi connectivity index (χ0n) is 5.91. The summed E-state index contributed by atoms with van der Waals surface area (Å²) >= 11 is 1.39. The van der Waals surface area contributed by atoms with Crippen molar-refractivity contribution >= 4 is 22.4 Å². The van der Waals surface area contributed by atoms with Gasteiger partial charge in [0.15, 0.2) is 5.13 Å². The van der Waals surface area contributed by atoms with Crippen LogP contribution in [-0.4, -0.2) is 17.4 Å². The van der Waals surface area contributed by atoms with Crippen LogP contribution in [0.1, 0.15) is 6.42 Å². The summed E-state index contributed by atoms with van der Waals surface area (Å²) < 4.78 is 0. The minimum Gasteiger partial charge on any atom is -0.330 e. The van der Waals surface area contributed by atoms with Gasteiger partial charge in [-0.1, -0.05) is 0 Å². The predicted molar refractivity (Wildman–Crippen MR) is 44.4 cm³/mol. The molecule has 4 nitrogen and oxygen atoms in total. The van der Waals surface area contributed by atoms with Gasteiger partial charge in [0, 0.05) is 24.5 Å². The minimum absolute atomic E-state index is 0.0811. The molecule has 0 bridgehead atoms. The predicted octanol–water partition coefficient (Wildman–Crippen LogP) is 0.430. The van der Waals surface area contributed by atoms with Crippen molar-refractivity contribution in [1.29, 1.82) is 0 Å². The molecular formula is C6H9N3OS. The van der Waals surface area contributed by atoms with Gasteiger partial charge in [-0.15, -0.1) is 11.3 Å². The molecule has 0 saturated heterocycles. The number of hydrogen-bond donors (Lipinski definition) is 2. The van der Waals surface area contributed by atoms with Gasteiger partial charge in [0.05, 0.1) is 0 Å². The van der Waals surface area contributed by atoms with Gasteiger partial charge in [-0.05, 0) is 0 Å². The van der Waals surface area contributed by atoms with E-state index in [1.165, 1.54) is 11.3 Å². The van der Waals surface area contributed by atoms with E-state index >= 15 is 0 Å². The summed E-state index contributed by atoms with van der Waals surface area (Å²) in [4.78, 5) is 14.8. The van der Waals surface area contributed by atoms with Crippen molar-refractivity contribution < 1.29 is 4.79 Å². The number of amides is 1. The highest BCUT2D eigenvalue weighted by atomic mass is 32.1. The first-order valence-electron chi connectivity index (χ1n) is 3.22. The van der Waals surface area contributed by atoms with Crippen LogP contribution < -0.4 is 11.1 Å². The van der Waals surface area contributed by atoms with Crippen molar-refractivity contribution in [2.75, 3.05) is 11.9 Å². The molecule has 1 amide bonds. The van der Waals surface area contributed by atoms with Gasteiger partial charge in [0.25, 0.3) is 0 Å². The van der Waals surface area contributed by atoms with Gasteiger partial charge < -0.3 is 11.1 Å². The van der Waals surface area contributed by atoms with Gasteiger partial charge in [-0.3, -0.25) is 4.79 Å². The molecule has 0 aliphatic rings. The van der Waals surface area contributed by atoms with Crippen LogP contribution in [0.15, 0.2) is 11.6 Å². The molecule has 5 heteroatoms. The molecule has 0 spiro atoms. The summed E-state index contributed by atoms with van der Waals surface area (Å²) in [6.07, 6.45) is 1.99. The third-order valence-electron chi connectivity index (χ3n) is 1.05. The molecule has 1 aromatic heterocycles. The van der Waals surface area contributed by atoms with Crippen molar-refractivity contribution in [2.24, 2.45) is 5.73 Å². The lowest BCUT2D eigenvalue weighted by atomic mass is 10.4. The van der Waals surface area contributed by atoms with Crippen LogP contribution >= 0.6 is 11.3 Å². The number of nitrogens with two attached hydrogens (primary N) is 1. The van der Waals surface area contributed by atoms with E-state index in [2.05, 4.69) is 10.3 Å². The maximum Gasteiger partial charge on any atom is 0.227 e. The lowest BCUT2D eigenvalue weighted by Crippen LogP contribution is -2.15. The Bertz CT molecular complexity index is 222. The zero-order valence-corrected chi connectivity index (χ0v) is 6.73. The first-order chi connectivity index (χ1) is 5.33. The summed E-state index contributed by atoms with van der Waals surface area (Å²) in [5.74, 6) is -0.0811. The fourth-order valence-electron chi connectivity index (χ4n) is 0.598. The number of anilines is 1. The second-order valence-corrected chi connectivity index (χ2v) is 2.82. The van der Waals surface area contributed by atoms with E-state index < -0.39 is 0 Å². The van der Waals surface area contributed by atoms with Crippen molar-refractivity contribution in [2.45, 2.75) is 6.42 Å². The van der Waals surface area contributed by atoms with Crippen molar-refractivity contribution in [3.05, 3.63) is 11.6 Å². The number of carbonyl (C=O) groups is 1. The average molecular weight is 171 g/mol. The van der Waals surface area contributed by atoms with Crippen molar-refractivity contribution in [1.82, 2.24) is 4.98 Å². The van der Waals surface area contributed by atoms with Gasteiger partial charge in [0.1, 0.15) is 0 Å². The van der Waals surface area contributed by atoms with Crippen LogP contribution in [0.4, 0.5) is 5.13 Å². The van der Waals surface area contributed by atoms with E-state index in [0.29, 0.717) is 18.1 Å². The Morgan fingerprint density at radius 1 is 1.82 bits per heavy atom. The van der Waals surface area contributed by atoms with Crippen LogP contribution in [0.5, 0.6) is 0 Å². The standard InChI is InChI=1S/C6H9N3OS/c7-2-1-5(10)9-6-8-3-4-11-6/h3-4H,1-2,7H2,(H,8,9,10). The highest BCUT2D eigenvalue weighted by molar-refractivity contribution is 7.13. The summed E-state index contributed by atoms with van der Waals surface area (Å²) in [7, 11) is 0. The summed E-state index contributed by atoms with van der Waals surface area (Å²) in [6.45, 7) is 0.372. The molecule has 0 fully saturated rings. The van der Waals surface area contributed by atoms with Gasteiger partial charge in [-0.25, -0.2) is 4.98 Å². The number of thiazole rings is 1. The van der Waals surface area contributed by atoms with E-state index in [0.717, 1.165) is 0 Å². The summed E-state index contributed by atoms with van der Waals surface area (Å²) in [6, 6.07) is 0. The molecule has 60 valence electrons. The molecule has 0 aromatic carbocycles. The summed E-state index contributed by atoms with van der Waals surface area (Å²) in [5.41, 5.74) is 5.18. The molecule has 0 aliphatic heterocycles. The van der Waals surface area contributed by atoms with Crippen LogP contribution in [0.3, 0.4) is 0 Å². The van der Waals surface area contributed by atoms with Crippen LogP contribution in [-0.2, 0) is 4.79 Å². The number of nitrogens with zero attached hydrogens (tertiary/aromatic N) is 1. The van der Waals surface area contributed by atoms with E-state index in [-0.39, 0.29) is 5.91 Å². The second kappa shape index (κ2) is 4.05. The molecule has 3 N–H and O–H groups in total. The Morgan fingerprint density at radius 3 is 3.18 bits per heavy atom. The topological polar surface area (TPSA) is 68.0 Å². The molecule has 0 unspecified atom stereocenters. The smallest absolute Gasteiger partial charge is 0.227 e. The van der Waals surface area contributed by atoms with E-state index in [1.807, 2.05) is 0 Å².